The van der Waals surface area contributed by atoms with Crippen LogP contribution in [-0.4, -0.2) is 10.8 Å². The summed E-state index contributed by atoms with van der Waals surface area (Å²) in [5.41, 5.74) is 3.93. The van der Waals surface area contributed by atoms with E-state index >= 15 is 0 Å². The second kappa shape index (κ2) is 4.27. The maximum Gasteiger partial charge on any atom is 0.161 e. The van der Waals surface area contributed by atoms with Gasteiger partial charge in [-0.25, -0.2) is 0 Å². The number of pyridine rings is 1. The van der Waals surface area contributed by atoms with Crippen molar-refractivity contribution in [2.45, 2.75) is 13.8 Å². The molecule has 0 atom stereocenters. The molecule has 1 aromatic carbocycles. The van der Waals surface area contributed by atoms with E-state index in [0.717, 1.165) is 11.1 Å². The van der Waals surface area contributed by atoms with Crippen molar-refractivity contribution in [2.75, 3.05) is 0 Å². The molecule has 16 heavy (non-hydrogen) atoms. The molecule has 0 fully saturated rings. The Labute approximate surface area is 95.0 Å². The van der Waals surface area contributed by atoms with Gasteiger partial charge >= 0.3 is 0 Å². The molecule has 2 rings (SSSR count). The number of hydrogen-bond donors (Lipinski definition) is 0. The molecule has 80 valence electrons. The van der Waals surface area contributed by atoms with Gasteiger partial charge in [-0.15, -0.1) is 0 Å². The van der Waals surface area contributed by atoms with Crippen LogP contribution in [-0.2, 0) is 0 Å². The average molecular weight is 211 g/mol. The Bertz CT molecular complexity index is 532. The molecule has 0 N–H and O–H groups in total. The Hall–Kier alpha value is -1.96. The first-order valence-corrected chi connectivity index (χ1v) is 5.20. The van der Waals surface area contributed by atoms with Gasteiger partial charge < -0.3 is 0 Å². The fraction of sp³-hybridized carbons (Fsp3) is 0.143. The molecule has 1 aromatic heterocycles. The Morgan fingerprint density at radius 3 is 2.62 bits per heavy atom. The van der Waals surface area contributed by atoms with E-state index in [9.17, 15) is 4.79 Å². The molecule has 0 unspecified atom stereocenters. The van der Waals surface area contributed by atoms with Gasteiger partial charge in [0.15, 0.2) is 5.78 Å². The molecule has 0 spiro atoms. The third-order valence-corrected chi connectivity index (χ3v) is 2.50. The molecule has 0 saturated heterocycles. The molecule has 0 bridgehead atoms. The van der Waals surface area contributed by atoms with Crippen molar-refractivity contribution in [1.82, 2.24) is 4.98 Å². The van der Waals surface area contributed by atoms with Gasteiger partial charge in [0.05, 0.1) is 0 Å². The maximum absolute atomic E-state index is 11.3. The summed E-state index contributed by atoms with van der Waals surface area (Å²) in [5.74, 6) is 0.0435. The lowest BCUT2D eigenvalue weighted by Gasteiger charge is -2.03. The van der Waals surface area contributed by atoms with E-state index in [1.54, 1.807) is 19.3 Å². The number of Topliss-reactive ketones (excluding diaryl/α,β-unsaturated/α-hetero) is 1. The predicted molar refractivity (Wildman–Crippen MR) is 64.4 cm³/mol. The van der Waals surface area contributed by atoms with Crippen molar-refractivity contribution in [1.29, 1.82) is 0 Å². The van der Waals surface area contributed by atoms with Crippen LogP contribution in [0.1, 0.15) is 22.8 Å². The smallest absolute Gasteiger partial charge is 0.161 e. The summed E-state index contributed by atoms with van der Waals surface area (Å²) in [4.78, 5) is 15.3. The van der Waals surface area contributed by atoms with Crippen molar-refractivity contribution in [3.05, 3.63) is 53.9 Å². The Balaban J connectivity index is 2.48. The molecular formula is C14H13NO. The number of nitrogens with zero attached hydrogens (tertiary/aromatic N) is 1. The van der Waals surface area contributed by atoms with Gasteiger partial charge in [-0.3, -0.25) is 9.78 Å². The lowest BCUT2D eigenvalue weighted by atomic mass is 10.0. The molecule has 0 amide bonds. The highest BCUT2D eigenvalue weighted by atomic mass is 16.1. The molecule has 2 nitrogen and oxygen atoms in total. The highest BCUT2D eigenvalue weighted by Gasteiger charge is 2.03. The second-order valence-corrected chi connectivity index (χ2v) is 3.89. The summed E-state index contributed by atoms with van der Waals surface area (Å²) in [6.45, 7) is 3.60. The van der Waals surface area contributed by atoms with Crippen LogP contribution >= 0.6 is 0 Å². The molecule has 0 radical (unpaired) electrons. The van der Waals surface area contributed by atoms with Crippen LogP contribution < -0.4 is 0 Å². The highest BCUT2D eigenvalue weighted by molar-refractivity contribution is 5.94. The Kier molecular flexibility index (Phi) is 2.82. The molecule has 0 saturated carbocycles. The molecule has 2 aromatic rings. The van der Waals surface area contributed by atoms with Crippen LogP contribution in [0.3, 0.4) is 0 Å². The molecule has 1 heterocycles. The zero-order valence-electron chi connectivity index (χ0n) is 9.40. The van der Waals surface area contributed by atoms with Crippen LogP contribution in [0.5, 0.6) is 0 Å². The van der Waals surface area contributed by atoms with Crippen molar-refractivity contribution in [2.24, 2.45) is 0 Å². The zero-order chi connectivity index (χ0) is 11.5. The van der Waals surface area contributed by atoms with E-state index in [0.29, 0.717) is 5.56 Å². The number of benzene rings is 1. The van der Waals surface area contributed by atoms with E-state index < -0.39 is 0 Å². The number of aromatic nitrogens is 1. The predicted octanol–water partition coefficient (Wildman–Crippen LogP) is 3.26. The number of aryl methyl sites for hydroxylation is 1. The summed E-state index contributed by atoms with van der Waals surface area (Å²) >= 11 is 0. The Morgan fingerprint density at radius 1 is 1.12 bits per heavy atom. The van der Waals surface area contributed by atoms with Gasteiger partial charge in [0.2, 0.25) is 0 Å². The van der Waals surface area contributed by atoms with E-state index in [-0.39, 0.29) is 5.78 Å². The van der Waals surface area contributed by atoms with E-state index in [2.05, 4.69) is 11.1 Å². The number of hydrogen-bond acceptors (Lipinski definition) is 2. The standard InChI is InChI=1S/C14H13NO/c1-10-4-3-5-12(6-10)14-7-13(11(2)16)8-15-9-14/h3-9H,1-2H3. The van der Waals surface area contributed by atoms with E-state index in [4.69, 9.17) is 0 Å². The van der Waals surface area contributed by atoms with Gasteiger partial charge in [-0.05, 0) is 25.5 Å². The molecular weight excluding hydrogens is 198 g/mol. The largest absolute Gasteiger partial charge is 0.294 e. The van der Waals surface area contributed by atoms with Crippen LogP contribution in [0.25, 0.3) is 11.1 Å². The first-order valence-electron chi connectivity index (χ1n) is 5.20. The van der Waals surface area contributed by atoms with Gasteiger partial charge in [0.1, 0.15) is 0 Å². The second-order valence-electron chi connectivity index (χ2n) is 3.89. The highest BCUT2D eigenvalue weighted by Crippen LogP contribution is 2.20. The van der Waals surface area contributed by atoms with Gasteiger partial charge in [0.25, 0.3) is 0 Å². The minimum atomic E-state index is 0.0435. The lowest BCUT2D eigenvalue weighted by Crippen LogP contribution is -1.93. The van der Waals surface area contributed by atoms with Crippen LogP contribution in [0.4, 0.5) is 0 Å². The number of carbonyl (C=O) groups excluding carboxylic acids is 1. The zero-order valence-corrected chi connectivity index (χ0v) is 9.40. The van der Waals surface area contributed by atoms with Crippen LogP contribution in [0.2, 0.25) is 0 Å². The Morgan fingerprint density at radius 2 is 1.94 bits per heavy atom. The van der Waals surface area contributed by atoms with Gasteiger partial charge in [-0.1, -0.05) is 29.8 Å². The van der Waals surface area contributed by atoms with E-state index in [1.807, 2.05) is 31.2 Å². The average Bonchev–Trinajstić information content (AvgIpc) is 2.29. The monoisotopic (exact) mass is 211 g/mol. The lowest BCUT2D eigenvalue weighted by molar-refractivity contribution is 0.101. The summed E-state index contributed by atoms with van der Waals surface area (Å²) in [6.07, 6.45) is 3.38. The minimum Gasteiger partial charge on any atom is -0.294 e. The topological polar surface area (TPSA) is 30.0 Å². The fourth-order valence-electron chi connectivity index (χ4n) is 1.61. The number of ketones is 1. The van der Waals surface area contributed by atoms with Gasteiger partial charge in [0, 0.05) is 23.5 Å². The SMILES string of the molecule is CC(=O)c1cncc(-c2cccc(C)c2)c1. The summed E-state index contributed by atoms with van der Waals surface area (Å²) in [6, 6.07) is 10.0. The molecule has 0 aliphatic carbocycles. The molecule has 0 aliphatic heterocycles. The quantitative estimate of drug-likeness (QED) is 0.714. The number of rotatable bonds is 2. The fourth-order valence-corrected chi connectivity index (χ4v) is 1.61. The minimum absolute atomic E-state index is 0.0435. The summed E-state index contributed by atoms with van der Waals surface area (Å²) in [7, 11) is 0. The van der Waals surface area contributed by atoms with Crippen molar-refractivity contribution in [3.63, 3.8) is 0 Å². The van der Waals surface area contributed by atoms with Crippen LogP contribution in [0.15, 0.2) is 42.7 Å². The van der Waals surface area contributed by atoms with Gasteiger partial charge in [-0.2, -0.15) is 0 Å². The van der Waals surface area contributed by atoms with Crippen molar-refractivity contribution in [3.8, 4) is 11.1 Å². The van der Waals surface area contributed by atoms with Crippen molar-refractivity contribution < 1.29 is 4.79 Å². The summed E-state index contributed by atoms with van der Waals surface area (Å²) in [5, 5.41) is 0. The molecule has 0 aliphatic rings. The first-order chi connectivity index (χ1) is 7.66. The van der Waals surface area contributed by atoms with E-state index in [1.165, 1.54) is 5.56 Å². The number of carbonyl (C=O) groups is 1. The summed E-state index contributed by atoms with van der Waals surface area (Å²) < 4.78 is 0. The normalized spacial score (nSPS) is 10.1. The molecule has 2 heteroatoms. The first kappa shape index (κ1) is 10.6. The van der Waals surface area contributed by atoms with Crippen LogP contribution in [0, 0.1) is 6.92 Å². The third-order valence-electron chi connectivity index (χ3n) is 2.50. The third kappa shape index (κ3) is 2.16. The van der Waals surface area contributed by atoms with Crippen molar-refractivity contribution >= 4 is 5.78 Å². The maximum atomic E-state index is 11.3.